The molecule has 0 saturated heterocycles. The van der Waals surface area contributed by atoms with Gasteiger partial charge in [0.25, 0.3) is 5.91 Å². The van der Waals surface area contributed by atoms with Crippen LogP contribution in [-0.2, 0) is 0 Å². The van der Waals surface area contributed by atoms with Gasteiger partial charge in [-0.2, -0.15) is 0 Å². The summed E-state index contributed by atoms with van der Waals surface area (Å²) in [4.78, 5) is 15.2. The smallest absolute Gasteiger partial charge is 0.255 e. The quantitative estimate of drug-likeness (QED) is 0.486. The monoisotopic (exact) mass is 416 g/mol. The van der Waals surface area contributed by atoms with Gasteiger partial charge in [0.1, 0.15) is 17.1 Å². The number of phenolic OH excluding ortho intramolecular Hbond substituents is 1. The lowest BCUT2D eigenvalue weighted by molar-refractivity contribution is 0.0940. The van der Waals surface area contributed by atoms with Gasteiger partial charge in [0.2, 0.25) is 0 Å². The van der Waals surface area contributed by atoms with E-state index < -0.39 is 0 Å². The second kappa shape index (κ2) is 10.9. The third-order valence-electron chi connectivity index (χ3n) is 6.31. The number of ether oxygens (including phenoxy) is 1. The molecule has 30 heavy (non-hydrogen) atoms. The number of hydrogen-bond acceptors (Lipinski definition) is 4. The molecule has 1 atom stereocenters. The van der Waals surface area contributed by atoms with E-state index in [0.717, 1.165) is 43.8 Å². The highest BCUT2D eigenvalue weighted by molar-refractivity contribution is 6.02. The molecule has 1 aromatic carbocycles. The van der Waals surface area contributed by atoms with Crippen molar-refractivity contribution in [3.8, 4) is 11.5 Å². The van der Waals surface area contributed by atoms with Crippen molar-refractivity contribution in [2.75, 3.05) is 26.2 Å². The molecule has 0 aromatic heterocycles. The number of carbonyl (C=O) groups excluding carboxylic acids is 1. The van der Waals surface area contributed by atoms with E-state index in [0.29, 0.717) is 23.2 Å². The van der Waals surface area contributed by atoms with E-state index in [2.05, 4.69) is 37.9 Å². The Kier molecular flexibility index (Phi) is 8.78. The molecule has 0 radical (unpaired) electrons. The number of phenols is 1. The van der Waals surface area contributed by atoms with Gasteiger partial charge in [0, 0.05) is 18.7 Å². The third kappa shape index (κ3) is 5.57. The molecular weight excluding hydrogens is 376 g/mol. The summed E-state index contributed by atoms with van der Waals surface area (Å²) in [5.74, 6) is 0.518. The van der Waals surface area contributed by atoms with Gasteiger partial charge in [-0.15, -0.1) is 0 Å². The average Bonchev–Trinajstić information content (AvgIpc) is 2.73. The third-order valence-corrected chi connectivity index (χ3v) is 6.31. The Hall–Kier alpha value is -2.01. The van der Waals surface area contributed by atoms with Crippen LogP contribution < -0.4 is 10.1 Å². The predicted molar refractivity (Wildman–Crippen MR) is 125 cm³/mol. The van der Waals surface area contributed by atoms with Gasteiger partial charge >= 0.3 is 0 Å². The Morgan fingerprint density at radius 2 is 1.83 bits per heavy atom. The second-order valence-electron chi connectivity index (χ2n) is 8.56. The number of benzene rings is 1. The first kappa shape index (κ1) is 24.3. The lowest BCUT2D eigenvalue weighted by atomic mass is 9.89. The molecule has 0 fully saturated rings. The number of unbranched alkanes of at least 4 members (excludes halogenated alkanes) is 3. The van der Waals surface area contributed by atoms with Crippen molar-refractivity contribution in [3.63, 3.8) is 0 Å². The average molecular weight is 417 g/mol. The Labute approximate surface area is 182 Å². The summed E-state index contributed by atoms with van der Waals surface area (Å²) in [6, 6.07) is 0. The molecule has 0 aliphatic carbocycles. The van der Waals surface area contributed by atoms with E-state index in [1.165, 1.54) is 19.3 Å². The van der Waals surface area contributed by atoms with Gasteiger partial charge in [-0.05, 0) is 63.9 Å². The lowest BCUT2D eigenvalue weighted by Gasteiger charge is -2.34. The van der Waals surface area contributed by atoms with Crippen molar-refractivity contribution >= 4 is 12.0 Å². The van der Waals surface area contributed by atoms with Crippen LogP contribution in [0.3, 0.4) is 0 Å². The maximum absolute atomic E-state index is 13.0. The number of nitrogens with zero attached hydrogens (tertiary/aromatic N) is 1. The molecule has 5 nitrogen and oxygen atoms in total. The van der Waals surface area contributed by atoms with E-state index in [-0.39, 0.29) is 17.3 Å². The number of hydrogen-bond donors (Lipinski definition) is 2. The predicted octanol–water partition coefficient (Wildman–Crippen LogP) is 5.22. The van der Waals surface area contributed by atoms with Gasteiger partial charge in [-0.3, -0.25) is 4.79 Å². The second-order valence-corrected chi connectivity index (χ2v) is 8.56. The van der Waals surface area contributed by atoms with Crippen molar-refractivity contribution in [2.45, 2.75) is 79.2 Å². The Morgan fingerprint density at radius 1 is 1.13 bits per heavy atom. The van der Waals surface area contributed by atoms with Crippen LogP contribution in [0.15, 0.2) is 6.08 Å². The van der Waals surface area contributed by atoms with Gasteiger partial charge < -0.3 is 20.1 Å². The molecule has 2 N–H and O–H groups in total. The number of rotatable bonds is 11. The van der Waals surface area contributed by atoms with Crippen LogP contribution >= 0.6 is 0 Å². The van der Waals surface area contributed by atoms with Gasteiger partial charge in [-0.1, -0.05) is 46.1 Å². The number of fused-ring (bicyclic) bond motifs is 1. The first-order chi connectivity index (χ1) is 14.3. The molecule has 1 aliphatic heterocycles. The summed E-state index contributed by atoms with van der Waals surface area (Å²) in [5.41, 5.74) is 2.21. The number of aromatic hydroxyl groups is 1. The molecule has 2 rings (SSSR count). The highest BCUT2D eigenvalue weighted by atomic mass is 16.5. The highest BCUT2D eigenvalue weighted by Gasteiger charge is 2.32. The minimum atomic E-state index is -0.384. The van der Waals surface area contributed by atoms with Crippen LogP contribution in [0, 0.1) is 13.8 Å². The van der Waals surface area contributed by atoms with Crippen LogP contribution in [0.5, 0.6) is 11.5 Å². The number of amides is 1. The molecule has 168 valence electrons. The van der Waals surface area contributed by atoms with Gasteiger partial charge in [-0.25, -0.2) is 0 Å². The maximum Gasteiger partial charge on any atom is 0.255 e. The molecule has 0 spiro atoms. The molecule has 1 heterocycles. The van der Waals surface area contributed by atoms with Crippen molar-refractivity contribution in [2.24, 2.45) is 0 Å². The maximum atomic E-state index is 13.0. The zero-order valence-corrected chi connectivity index (χ0v) is 19.7. The Morgan fingerprint density at radius 3 is 2.47 bits per heavy atom. The molecule has 0 saturated carbocycles. The van der Waals surface area contributed by atoms with E-state index in [4.69, 9.17) is 4.74 Å². The summed E-state index contributed by atoms with van der Waals surface area (Å²) >= 11 is 0. The Balaban J connectivity index is 2.24. The fourth-order valence-corrected chi connectivity index (χ4v) is 4.02. The zero-order chi connectivity index (χ0) is 22.3. The standard InChI is InChI=1S/C25H40N2O3/c1-7-10-11-12-14-25(6)15-13-20-21(22(28)18(4)19(5)23(20)30-25)24(29)26-16-17-27(8-2)9-3/h13,15,28H,7-12,14,16-17H2,1-6H3,(H,26,29). The molecule has 1 unspecified atom stereocenters. The molecule has 1 amide bonds. The SMILES string of the molecule is CCCCCCC1(C)C=Cc2c(c(C)c(C)c(O)c2C(=O)NCCN(CC)CC)O1. The van der Waals surface area contributed by atoms with Crippen LogP contribution in [-0.4, -0.2) is 47.7 Å². The largest absolute Gasteiger partial charge is 0.507 e. The summed E-state index contributed by atoms with van der Waals surface area (Å²) in [5, 5.41) is 13.8. The van der Waals surface area contributed by atoms with Crippen molar-refractivity contribution in [1.82, 2.24) is 10.2 Å². The molecule has 5 heteroatoms. The van der Waals surface area contributed by atoms with Crippen LogP contribution in [0.4, 0.5) is 0 Å². The summed E-state index contributed by atoms with van der Waals surface area (Å²) in [6.45, 7) is 15.6. The topological polar surface area (TPSA) is 61.8 Å². The molecule has 1 aromatic rings. The minimum absolute atomic E-state index is 0.0476. The van der Waals surface area contributed by atoms with Crippen molar-refractivity contribution in [1.29, 1.82) is 0 Å². The zero-order valence-electron chi connectivity index (χ0n) is 19.7. The summed E-state index contributed by atoms with van der Waals surface area (Å²) < 4.78 is 6.45. The van der Waals surface area contributed by atoms with Crippen molar-refractivity contribution in [3.05, 3.63) is 28.3 Å². The van der Waals surface area contributed by atoms with Gasteiger partial charge in [0.15, 0.2) is 0 Å². The lowest BCUT2D eigenvalue weighted by Crippen LogP contribution is -2.36. The summed E-state index contributed by atoms with van der Waals surface area (Å²) in [6.07, 6.45) is 9.70. The fraction of sp³-hybridized carbons (Fsp3) is 0.640. The molecular formula is C25H40N2O3. The van der Waals surface area contributed by atoms with E-state index in [1.54, 1.807) is 0 Å². The number of nitrogens with one attached hydrogen (secondary N) is 1. The fourth-order valence-electron chi connectivity index (χ4n) is 4.02. The van der Waals surface area contributed by atoms with Crippen LogP contribution in [0.2, 0.25) is 0 Å². The number of likely N-dealkylation sites (N-methyl/N-ethyl adjacent to an activating group) is 1. The number of carbonyl (C=O) groups is 1. The summed E-state index contributed by atoms with van der Waals surface area (Å²) in [7, 11) is 0. The normalized spacial score (nSPS) is 17.7. The molecule has 0 bridgehead atoms. The highest BCUT2D eigenvalue weighted by Crippen LogP contribution is 2.43. The van der Waals surface area contributed by atoms with Gasteiger partial charge in [0.05, 0.1) is 5.56 Å². The first-order valence-electron chi connectivity index (χ1n) is 11.5. The van der Waals surface area contributed by atoms with Crippen molar-refractivity contribution < 1.29 is 14.6 Å². The Bertz CT molecular complexity index is 768. The molecule has 1 aliphatic rings. The minimum Gasteiger partial charge on any atom is -0.507 e. The van der Waals surface area contributed by atoms with E-state index >= 15 is 0 Å². The van der Waals surface area contributed by atoms with Crippen LogP contribution in [0.25, 0.3) is 6.08 Å². The van der Waals surface area contributed by atoms with E-state index in [1.807, 2.05) is 26.0 Å². The van der Waals surface area contributed by atoms with Crippen LogP contribution in [0.1, 0.15) is 86.8 Å². The van der Waals surface area contributed by atoms with E-state index in [9.17, 15) is 9.90 Å². The first-order valence-corrected chi connectivity index (χ1v) is 11.5.